The topological polar surface area (TPSA) is 41.1 Å². The Bertz CT molecular complexity index is 470. The van der Waals surface area contributed by atoms with Crippen LogP contribution in [0.4, 0.5) is 0 Å². The molecule has 0 aromatic carbocycles. The zero-order valence-electron chi connectivity index (χ0n) is 8.79. The molecular formula is C13H12N2O. The molecule has 0 radical (unpaired) electrons. The molecule has 2 aliphatic rings. The SMILES string of the molecule is O=C1C=CC#CC1=CNCC1=CC=CCN1. The first-order valence-electron chi connectivity index (χ1n) is 5.12. The van der Waals surface area contributed by atoms with Gasteiger partial charge in [-0.05, 0) is 18.2 Å². The molecule has 3 heteroatoms. The normalized spacial score (nSPS) is 19.9. The van der Waals surface area contributed by atoms with E-state index in [-0.39, 0.29) is 5.78 Å². The average molecular weight is 212 g/mol. The van der Waals surface area contributed by atoms with Crippen LogP contribution in [0.5, 0.6) is 0 Å². The second-order valence-corrected chi connectivity index (χ2v) is 3.41. The van der Waals surface area contributed by atoms with Gasteiger partial charge in [-0.25, -0.2) is 0 Å². The highest BCUT2D eigenvalue weighted by molar-refractivity contribution is 6.08. The summed E-state index contributed by atoms with van der Waals surface area (Å²) in [5.41, 5.74) is 1.61. The highest BCUT2D eigenvalue weighted by Crippen LogP contribution is 2.00. The first-order valence-corrected chi connectivity index (χ1v) is 5.12. The van der Waals surface area contributed by atoms with Gasteiger partial charge in [0.15, 0.2) is 5.78 Å². The molecule has 2 N–H and O–H groups in total. The molecule has 1 heterocycles. The van der Waals surface area contributed by atoms with Gasteiger partial charge in [0.05, 0.1) is 12.1 Å². The van der Waals surface area contributed by atoms with Crippen LogP contribution in [-0.2, 0) is 4.79 Å². The van der Waals surface area contributed by atoms with Crippen LogP contribution < -0.4 is 10.6 Å². The van der Waals surface area contributed by atoms with E-state index in [4.69, 9.17) is 0 Å². The summed E-state index contributed by atoms with van der Waals surface area (Å²) in [6.45, 7) is 1.53. The summed E-state index contributed by atoms with van der Waals surface area (Å²) < 4.78 is 0. The maximum atomic E-state index is 11.3. The van der Waals surface area contributed by atoms with Crippen LogP contribution in [0.15, 0.2) is 47.9 Å². The molecule has 0 amide bonds. The number of nitrogens with one attached hydrogen (secondary N) is 2. The minimum atomic E-state index is -0.0447. The van der Waals surface area contributed by atoms with E-state index in [1.54, 1.807) is 12.3 Å². The summed E-state index contributed by atoms with van der Waals surface area (Å²) in [4.78, 5) is 11.3. The number of rotatable bonds is 3. The molecule has 3 nitrogen and oxygen atoms in total. The van der Waals surface area contributed by atoms with Gasteiger partial charge in [0.2, 0.25) is 0 Å². The van der Waals surface area contributed by atoms with Crippen LogP contribution in [0.1, 0.15) is 0 Å². The molecule has 0 spiro atoms. The third-order valence-electron chi connectivity index (χ3n) is 2.21. The van der Waals surface area contributed by atoms with Crippen molar-refractivity contribution in [2.24, 2.45) is 0 Å². The van der Waals surface area contributed by atoms with Gasteiger partial charge in [-0.15, -0.1) is 0 Å². The lowest BCUT2D eigenvalue weighted by Gasteiger charge is -2.11. The summed E-state index contributed by atoms with van der Waals surface area (Å²) >= 11 is 0. The lowest BCUT2D eigenvalue weighted by molar-refractivity contribution is -0.111. The maximum Gasteiger partial charge on any atom is 0.196 e. The standard InChI is InChI=1S/C13H12N2O/c16-13-7-2-1-5-11(13)9-14-10-12-6-3-4-8-15-12/h2-4,6-7,9,14-15H,8,10H2. The van der Waals surface area contributed by atoms with Crippen LogP contribution in [0, 0.1) is 11.8 Å². The summed E-state index contributed by atoms with van der Waals surface area (Å²) in [6.07, 6.45) is 10.8. The largest absolute Gasteiger partial charge is 0.384 e. The van der Waals surface area contributed by atoms with E-state index in [2.05, 4.69) is 22.5 Å². The molecule has 1 aliphatic heterocycles. The monoisotopic (exact) mass is 212 g/mol. The summed E-state index contributed by atoms with van der Waals surface area (Å²) in [5, 5.41) is 6.29. The maximum absolute atomic E-state index is 11.3. The van der Waals surface area contributed by atoms with Gasteiger partial charge < -0.3 is 10.6 Å². The van der Waals surface area contributed by atoms with E-state index in [9.17, 15) is 4.79 Å². The smallest absolute Gasteiger partial charge is 0.196 e. The number of hydrogen-bond acceptors (Lipinski definition) is 3. The van der Waals surface area contributed by atoms with Gasteiger partial charge in [0.1, 0.15) is 0 Å². The van der Waals surface area contributed by atoms with E-state index in [0.717, 1.165) is 12.2 Å². The van der Waals surface area contributed by atoms with Crippen molar-refractivity contribution >= 4 is 5.78 Å². The fourth-order valence-electron chi connectivity index (χ4n) is 1.38. The Morgan fingerprint density at radius 2 is 2.50 bits per heavy atom. The zero-order valence-corrected chi connectivity index (χ0v) is 8.79. The molecule has 0 fully saturated rings. The van der Waals surface area contributed by atoms with Crippen molar-refractivity contribution in [1.29, 1.82) is 0 Å². The first-order chi connectivity index (χ1) is 7.86. The second kappa shape index (κ2) is 5.04. The lowest BCUT2D eigenvalue weighted by atomic mass is 10.1. The molecule has 1 aliphatic carbocycles. The van der Waals surface area contributed by atoms with Crippen LogP contribution in [-0.4, -0.2) is 18.9 Å². The predicted molar refractivity (Wildman–Crippen MR) is 63.2 cm³/mol. The molecule has 0 unspecified atom stereocenters. The molecule has 0 aromatic heterocycles. The molecule has 16 heavy (non-hydrogen) atoms. The van der Waals surface area contributed by atoms with Crippen molar-refractivity contribution in [1.82, 2.24) is 10.6 Å². The van der Waals surface area contributed by atoms with E-state index in [0.29, 0.717) is 12.1 Å². The number of dihydropyridines is 1. The van der Waals surface area contributed by atoms with Gasteiger partial charge in [-0.1, -0.05) is 24.0 Å². The van der Waals surface area contributed by atoms with Crippen molar-refractivity contribution in [2.75, 3.05) is 13.1 Å². The zero-order chi connectivity index (χ0) is 11.2. The minimum Gasteiger partial charge on any atom is -0.384 e. The fraction of sp³-hybridized carbons (Fsp3) is 0.154. The van der Waals surface area contributed by atoms with Crippen LogP contribution in [0.2, 0.25) is 0 Å². The molecule has 0 saturated heterocycles. The van der Waals surface area contributed by atoms with Crippen LogP contribution in [0.3, 0.4) is 0 Å². The predicted octanol–water partition coefficient (Wildman–Crippen LogP) is 0.645. The minimum absolute atomic E-state index is 0.0447. The van der Waals surface area contributed by atoms with Crippen molar-refractivity contribution in [2.45, 2.75) is 0 Å². The molecule has 0 bridgehead atoms. The Morgan fingerprint density at radius 1 is 1.56 bits per heavy atom. The third-order valence-corrected chi connectivity index (χ3v) is 2.21. The quantitative estimate of drug-likeness (QED) is 0.533. The highest BCUT2D eigenvalue weighted by atomic mass is 16.1. The molecule has 0 aromatic rings. The molecular weight excluding hydrogens is 200 g/mol. The Labute approximate surface area is 94.6 Å². The van der Waals surface area contributed by atoms with E-state index < -0.39 is 0 Å². The van der Waals surface area contributed by atoms with Crippen molar-refractivity contribution < 1.29 is 4.79 Å². The molecule has 0 saturated carbocycles. The van der Waals surface area contributed by atoms with Crippen LogP contribution >= 0.6 is 0 Å². The Balaban J connectivity index is 1.89. The summed E-state index contributed by atoms with van der Waals surface area (Å²) in [7, 11) is 0. The Hall–Kier alpha value is -2.21. The molecule has 80 valence electrons. The fourth-order valence-corrected chi connectivity index (χ4v) is 1.38. The summed E-state index contributed by atoms with van der Waals surface area (Å²) in [6, 6.07) is 0. The van der Waals surface area contributed by atoms with Gasteiger partial charge in [-0.2, -0.15) is 0 Å². The average Bonchev–Trinajstić information content (AvgIpc) is 2.33. The van der Waals surface area contributed by atoms with Crippen LogP contribution in [0.25, 0.3) is 0 Å². The highest BCUT2D eigenvalue weighted by Gasteiger charge is 2.04. The third kappa shape index (κ3) is 2.64. The van der Waals surface area contributed by atoms with Crippen molar-refractivity contribution in [3.8, 4) is 11.8 Å². The van der Waals surface area contributed by atoms with Gasteiger partial charge in [0, 0.05) is 18.4 Å². The Kier molecular flexibility index (Phi) is 3.25. The first kappa shape index (κ1) is 10.3. The molecule has 2 rings (SSSR count). The van der Waals surface area contributed by atoms with E-state index in [1.807, 2.05) is 18.2 Å². The van der Waals surface area contributed by atoms with Crippen molar-refractivity contribution in [3.63, 3.8) is 0 Å². The van der Waals surface area contributed by atoms with Crippen molar-refractivity contribution in [3.05, 3.63) is 47.9 Å². The van der Waals surface area contributed by atoms with Gasteiger partial charge in [0.25, 0.3) is 0 Å². The van der Waals surface area contributed by atoms with Gasteiger partial charge in [-0.3, -0.25) is 4.79 Å². The van der Waals surface area contributed by atoms with E-state index >= 15 is 0 Å². The lowest BCUT2D eigenvalue weighted by Crippen LogP contribution is -2.24. The number of carbonyl (C=O) groups is 1. The number of ketones is 1. The molecule has 0 atom stereocenters. The number of carbonyl (C=O) groups excluding carboxylic acids is 1. The second-order valence-electron chi connectivity index (χ2n) is 3.41. The Morgan fingerprint density at radius 3 is 3.25 bits per heavy atom. The van der Waals surface area contributed by atoms with Gasteiger partial charge >= 0.3 is 0 Å². The summed E-state index contributed by atoms with van der Waals surface area (Å²) in [5.74, 6) is 5.47. The number of hydrogen-bond donors (Lipinski definition) is 2. The number of allylic oxidation sites excluding steroid dienone is 5. The van der Waals surface area contributed by atoms with E-state index in [1.165, 1.54) is 6.08 Å².